The lowest BCUT2D eigenvalue weighted by Gasteiger charge is -2.33. The Hall–Kier alpha value is -1.36. The Morgan fingerprint density at radius 2 is 2.00 bits per heavy atom. The van der Waals surface area contributed by atoms with Crippen LogP contribution < -0.4 is 5.32 Å². The molecule has 2 rings (SSSR count). The standard InChI is InChI=1S/C20H31NO3S/c1-7-24-19(23)17-14-9-8-13(20(4,5)6)11-15(14)25-18(17)21-16(22)10-12(2)3/h12-13H,7-11H2,1-6H3,(H,21,22). The van der Waals surface area contributed by atoms with Gasteiger partial charge < -0.3 is 10.1 Å². The summed E-state index contributed by atoms with van der Waals surface area (Å²) in [7, 11) is 0. The van der Waals surface area contributed by atoms with Crippen LogP contribution in [0.15, 0.2) is 0 Å². The van der Waals surface area contributed by atoms with Crippen LogP contribution in [0.4, 0.5) is 5.00 Å². The Morgan fingerprint density at radius 3 is 2.56 bits per heavy atom. The van der Waals surface area contributed by atoms with Crippen molar-refractivity contribution in [2.75, 3.05) is 11.9 Å². The largest absolute Gasteiger partial charge is 0.462 e. The van der Waals surface area contributed by atoms with Crippen molar-refractivity contribution in [1.82, 2.24) is 0 Å². The first kappa shape index (κ1) is 20.0. The molecule has 0 aromatic carbocycles. The first-order chi connectivity index (χ1) is 11.6. The zero-order valence-corrected chi connectivity index (χ0v) is 17.1. The van der Waals surface area contributed by atoms with Gasteiger partial charge >= 0.3 is 5.97 Å². The Bertz CT molecular complexity index is 640. The fraction of sp³-hybridized carbons (Fsp3) is 0.700. The van der Waals surface area contributed by atoms with E-state index >= 15 is 0 Å². The van der Waals surface area contributed by atoms with Crippen molar-refractivity contribution >= 4 is 28.2 Å². The molecule has 0 aliphatic heterocycles. The smallest absolute Gasteiger partial charge is 0.341 e. The summed E-state index contributed by atoms with van der Waals surface area (Å²) in [6.45, 7) is 13.0. The third-order valence-electron chi connectivity index (χ3n) is 4.82. The minimum atomic E-state index is -0.311. The fourth-order valence-corrected chi connectivity index (χ4v) is 4.71. The number of fused-ring (bicyclic) bond motifs is 1. The van der Waals surface area contributed by atoms with E-state index in [9.17, 15) is 9.59 Å². The summed E-state index contributed by atoms with van der Waals surface area (Å²) < 4.78 is 5.27. The van der Waals surface area contributed by atoms with Gasteiger partial charge in [-0.05, 0) is 49.0 Å². The van der Waals surface area contributed by atoms with E-state index in [-0.39, 0.29) is 23.2 Å². The highest BCUT2D eigenvalue weighted by Gasteiger charge is 2.34. The van der Waals surface area contributed by atoms with Crippen LogP contribution in [0.2, 0.25) is 0 Å². The molecule has 0 bridgehead atoms. The number of amides is 1. The Balaban J connectivity index is 2.34. The number of rotatable bonds is 5. The van der Waals surface area contributed by atoms with Crippen molar-refractivity contribution in [3.63, 3.8) is 0 Å². The minimum absolute atomic E-state index is 0.0356. The van der Waals surface area contributed by atoms with Gasteiger partial charge in [0, 0.05) is 11.3 Å². The molecule has 1 unspecified atom stereocenters. The van der Waals surface area contributed by atoms with Crippen LogP contribution in [0.1, 0.15) is 75.2 Å². The zero-order valence-electron chi connectivity index (χ0n) is 16.3. The molecule has 0 saturated carbocycles. The number of hydrogen-bond acceptors (Lipinski definition) is 4. The maximum Gasteiger partial charge on any atom is 0.341 e. The summed E-state index contributed by atoms with van der Waals surface area (Å²) in [4.78, 5) is 26.0. The quantitative estimate of drug-likeness (QED) is 0.742. The van der Waals surface area contributed by atoms with Crippen molar-refractivity contribution in [3.8, 4) is 0 Å². The SMILES string of the molecule is CCOC(=O)c1c(NC(=O)CC(C)C)sc2c1CCC(C(C)(C)C)C2. The van der Waals surface area contributed by atoms with Crippen LogP contribution in [0, 0.1) is 17.3 Å². The van der Waals surface area contributed by atoms with Crippen molar-refractivity contribution in [3.05, 3.63) is 16.0 Å². The fourth-order valence-electron chi connectivity index (χ4n) is 3.38. The molecule has 4 nitrogen and oxygen atoms in total. The van der Waals surface area contributed by atoms with E-state index in [0.29, 0.717) is 29.5 Å². The summed E-state index contributed by atoms with van der Waals surface area (Å²) in [5.41, 5.74) is 1.92. The van der Waals surface area contributed by atoms with Crippen LogP contribution >= 0.6 is 11.3 Å². The lowest BCUT2D eigenvalue weighted by molar-refractivity contribution is -0.116. The third-order valence-corrected chi connectivity index (χ3v) is 5.99. The molecule has 0 saturated heterocycles. The molecule has 1 aromatic heterocycles. The van der Waals surface area contributed by atoms with Crippen molar-refractivity contribution in [2.45, 2.75) is 67.2 Å². The third kappa shape index (κ3) is 4.84. The highest BCUT2D eigenvalue weighted by Crippen LogP contribution is 2.44. The van der Waals surface area contributed by atoms with Gasteiger partial charge in [0.05, 0.1) is 12.2 Å². The van der Waals surface area contributed by atoms with Gasteiger partial charge in [0.1, 0.15) is 5.00 Å². The van der Waals surface area contributed by atoms with E-state index in [4.69, 9.17) is 4.74 Å². The molecule has 1 aliphatic rings. The predicted octanol–water partition coefficient (Wildman–Crippen LogP) is 5.06. The van der Waals surface area contributed by atoms with Crippen LogP contribution in [0.5, 0.6) is 0 Å². The average Bonchev–Trinajstić information content (AvgIpc) is 2.82. The van der Waals surface area contributed by atoms with Crippen LogP contribution in [0.3, 0.4) is 0 Å². The number of ether oxygens (including phenoxy) is 1. The highest BCUT2D eigenvalue weighted by atomic mass is 32.1. The van der Waals surface area contributed by atoms with E-state index in [1.807, 2.05) is 20.8 Å². The number of hydrogen-bond donors (Lipinski definition) is 1. The van der Waals surface area contributed by atoms with E-state index in [1.165, 1.54) is 4.88 Å². The Kier molecular flexibility index (Phi) is 6.30. The summed E-state index contributed by atoms with van der Waals surface area (Å²) in [5, 5.41) is 3.64. The lowest BCUT2D eigenvalue weighted by Crippen LogP contribution is -2.26. The summed E-state index contributed by atoms with van der Waals surface area (Å²) in [6, 6.07) is 0. The second-order valence-corrected chi connectivity index (χ2v) is 9.49. The molecule has 1 amide bonds. The molecular weight excluding hydrogens is 334 g/mol. The molecule has 1 heterocycles. The molecule has 0 spiro atoms. The van der Waals surface area contributed by atoms with Crippen molar-refractivity contribution in [2.24, 2.45) is 17.3 Å². The second kappa shape index (κ2) is 7.90. The van der Waals surface area contributed by atoms with Gasteiger partial charge in [-0.1, -0.05) is 34.6 Å². The summed E-state index contributed by atoms with van der Waals surface area (Å²) in [6.07, 6.45) is 3.37. The van der Waals surface area contributed by atoms with E-state index in [1.54, 1.807) is 11.3 Å². The summed E-state index contributed by atoms with van der Waals surface area (Å²) in [5.74, 6) is 0.527. The van der Waals surface area contributed by atoms with Crippen LogP contribution in [-0.2, 0) is 22.4 Å². The van der Waals surface area contributed by atoms with Crippen molar-refractivity contribution in [1.29, 1.82) is 0 Å². The molecule has 0 fully saturated rings. The van der Waals surface area contributed by atoms with E-state index in [0.717, 1.165) is 24.8 Å². The van der Waals surface area contributed by atoms with E-state index < -0.39 is 0 Å². The predicted molar refractivity (Wildman–Crippen MR) is 103 cm³/mol. The molecule has 140 valence electrons. The molecule has 1 atom stereocenters. The first-order valence-electron chi connectivity index (χ1n) is 9.25. The normalized spacial score (nSPS) is 17.3. The molecule has 1 aliphatic carbocycles. The number of anilines is 1. The number of carbonyl (C=O) groups excluding carboxylic acids is 2. The number of nitrogens with one attached hydrogen (secondary N) is 1. The Labute approximate surface area is 155 Å². The number of carbonyl (C=O) groups is 2. The molecule has 25 heavy (non-hydrogen) atoms. The lowest BCUT2D eigenvalue weighted by atomic mass is 9.72. The van der Waals surface area contributed by atoms with Gasteiger partial charge in [-0.2, -0.15) is 0 Å². The topological polar surface area (TPSA) is 55.4 Å². The number of thiophene rings is 1. The van der Waals surface area contributed by atoms with Gasteiger partial charge in [0.25, 0.3) is 0 Å². The van der Waals surface area contributed by atoms with Crippen molar-refractivity contribution < 1.29 is 14.3 Å². The number of esters is 1. The molecule has 1 aromatic rings. The summed E-state index contributed by atoms with van der Waals surface area (Å²) >= 11 is 1.56. The maximum atomic E-state index is 12.5. The van der Waals surface area contributed by atoms with Gasteiger partial charge in [-0.15, -0.1) is 11.3 Å². The molecular formula is C20H31NO3S. The zero-order chi connectivity index (χ0) is 18.8. The average molecular weight is 366 g/mol. The first-order valence-corrected chi connectivity index (χ1v) is 10.1. The van der Waals surface area contributed by atoms with Gasteiger partial charge in [-0.3, -0.25) is 4.79 Å². The van der Waals surface area contributed by atoms with Gasteiger partial charge in [-0.25, -0.2) is 4.79 Å². The molecule has 1 N–H and O–H groups in total. The second-order valence-electron chi connectivity index (χ2n) is 8.38. The molecule has 0 radical (unpaired) electrons. The van der Waals surface area contributed by atoms with E-state index in [2.05, 4.69) is 26.1 Å². The Morgan fingerprint density at radius 1 is 1.32 bits per heavy atom. The van der Waals surface area contributed by atoms with Gasteiger partial charge in [0.15, 0.2) is 0 Å². The van der Waals surface area contributed by atoms with Crippen LogP contribution in [-0.4, -0.2) is 18.5 Å². The minimum Gasteiger partial charge on any atom is -0.462 e. The van der Waals surface area contributed by atoms with Gasteiger partial charge in [0.2, 0.25) is 5.91 Å². The van der Waals surface area contributed by atoms with Crippen LogP contribution in [0.25, 0.3) is 0 Å². The monoisotopic (exact) mass is 365 g/mol. The maximum absolute atomic E-state index is 12.5. The highest BCUT2D eigenvalue weighted by molar-refractivity contribution is 7.17. The molecule has 5 heteroatoms.